The number of carbonyl (C=O) groups is 2. The molecule has 612 valence electrons. The van der Waals surface area contributed by atoms with Crippen LogP contribution in [0.5, 0.6) is 103 Å². The van der Waals surface area contributed by atoms with Crippen molar-refractivity contribution in [3.05, 3.63) is 129 Å². The third-order valence-corrected chi connectivity index (χ3v) is 17.2. The number of carbonyl (C=O) groups excluding carboxylic acids is 2. The van der Waals surface area contributed by atoms with Crippen molar-refractivity contribution in [3.8, 4) is 152 Å². The molecular weight excluding hydrogens is 1460 g/mol. The molecule has 0 aliphatic rings. The van der Waals surface area contributed by atoms with Gasteiger partial charge >= 0.3 is 0 Å². The third kappa shape index (κ3) is 25.4. The monoisotopic (exact) mass is 1570 g/mol. The summed E-state index contributed by atoms with van der Waals surface area (Å²) in [5, 5.41) is 0. The Labute approximate surface area is 670 Å². The van der Waals surface area contributed by atoms with Crippen molar-refractivity contribution in [1.29, 1.82) is 0 Å². The molecule has 0 bridgehead atoms. The maximum absolute atomic E-state index is 10.7. The molecule has 0 radical (unpaired) electrons. The van der Waals surface area contributed by atoms with E-state index in [-0.39, 0.29) is 59.0 Å². The molecule has 0 saturated carbocycles. The Bertz CT molecular complexity index is 4240. The maximum atomic E-state index is 10.7. The second-order valence-electron chi connectivity index (χ2n) is 24.2. The highest BCUT2D eigenvalue weighted by Crippen LogP contribution is 2.45. The van der Waals surface area contributed by atoms with Gasteiger partial charge in [0.15, 0.2) is 69.0 Å². The second-order valence-corrected chi connectivity index (χ2v) is 24.2. The van der Waals surface area contributed by atoms with E-state index in [0.29, 0.717) is 126 Å². The molecule has 2 aromatic heterocycles. The highest BCUT2D eigenvalue weighted by molar-refractivity contribution is 5.67. The van der Waals surface area contributed by atoms with Crippen molar-refractivity contribution in [2.24, 2.45) is 0 Å². The Balaban J connectivity index is 0.000000359. The second kappa shape index (κ2) is 47.7. The molecule has 8 rings (SSSR count). The quantitative estimate of drug-likeness (QED) is 0.0289. The van der Waals surface area contributed by atoms with E-state index in [9.17, 15) is 9.59 Å². The topological polar surface area (TPSA) is 356 Å². The highest BCUT2D eigenvalue weighted by Gasteiger charge is 2.22. The van der Waals surface area contributed by atoms with Gasteiger partial charge < -0.3 is 118 Å². The summed E-state index contributed by atoms with van der Waals surface area (Å²) in [6.07, 6.45) is 12.5. The van der Waals surface area contributed by atoms with Gasteiger partial charge in [-0.05, 0) is 148 Å². The number of rotatable bonds is 26. The van der Waals surface area contributed by atoms with Crippen LogP contribution in [0.4, 0.5) is 23.5 Å². The van der Waals surface area contributed by atoms with E-state index >= 15 is 0 Å². The minimum atomic E-state index is -0.200. The number of aldehydes is 2. The largest absolute Gasteiger partial charge is 0.493 e. The summed E-state index contributed by atoms with van der Waals surface area (Å²) in [6, 6.07) is 22.1. The van der Waals surface area contributed by atoms with E-state index in [0.717, 1.165) is 46.0 Å². The van der Waals surface area contributed by atoms with E-state index in [1.165, 1.54) is 0 Å². The van der Waals surface area contributed by atoms with Crippen LogP contribution in [0.3, 0.4) is 0 Å². The normalized spacial score (nSPS) is 11.4. The number of terminal acetylenes is 2. The minimum Gasteiger partial charge on any atom is -0.493 e. The summed E-state index contributed by atoms with van der Waals surface area (Å²) in [5.41, 5.74) is 30.8. The van der Waals surface area contributed by atoms with Gasteiger partial charge in [-0.15, -0.1) is 12.8 Å². The van der Waals surface area contributed by atoms with Gasteiger partial charge in [0.1, 0.15) is 24.2 Å². The van der Waals surface area contributed by atoms with Crippen molar-refractivity contribution in [2.75, 3.05) is 151 Å². The SMILES string of the molecule is C#C[C@@H](C)c1cc(OC)c(OC)c(OC)c1.C#C[C@H](C)c1cc(OC)c(OC)c(OC)c1.COc1cc([C@@H](C)C#Cc2c(C)nc(N)nc2N)cc(OC)c1OC.COc1cc([C@@H](C)C=O)cc(OC)c1OC.COc1cc([C@H](C)C#Cc2c(C)nc(N)nc2N)cc(OC)c1OC.COc1cc([C@H](C)C=O)cc(OC)c1OC. The predicted octanol–water partition coefficient (Wildman–Crippen LogP) is 13.2. The molecule has 0 spiro atoms. The predicted molar refractivity (Wildman–Crippen MR) is 442 cm³/mol. The van der Waals surface area contributed by atoms with Crippen LogP contribution < -0.4 is 108 Å². The van der Waals surface area contributed by atoms with E-state index in [1.54, 1.807) is 166 Å². The molecule has 2 heterocycles. The van der Waals surface area contributed by atoms with E-state index < -0.39 is 0 Å². The number of nitrogen functional groups attached to an aromatic ring is 4. The van der Waals surface area contributed by atoms with Gasteiger partial charge in [-0.1, -0.05) is 49.4 Å². The molecule has 6 aromatic carbocycles. The molecule has 0 fully saturated rings. The van der Waals surface area contributed by atoms with E-state index in [2.05, 4.69) is 55.5 Å². The fourth-order valence-electron chi connectivity index (χ4n) is 10.6. The molecule has 8 aromatic rings. The van der Waals surface area contributed by atoms with Crippen molar-refractivity contribution < 1.29 is 94.9 Å². The van der Waals surface area contributed by atoms with Crippen LogP contribution in [0.1, 0.15) is 133 Å². The first kappa shape index (κ1) is 94.9. The maximum Gasteiger partial charge on any atom is 0.222 e. The Morgan fingerprint density at radius 3 is 0.614 bits per heavy atom. The van der Waals surface area contributed by atoms with Crippen molar-refractivity contribution in [2.45, 2.75) is 90.9 Å². The number of aryl methyl sites for hydroxylation is 2. The molecule has 0 amide bonds. The number of aromatic nitrogens is 4. The Morgan fingerprint density at radius 1 is 0.289 bits per heavy atom. The highest BCUT2D eigenvalue weighted by atomic mass is 16.6. The summed E-state index contributed by atoms with van der Waals surface area (Å²) in [4.78, 5) is 37.6. The molecule has 0 aliphatic carbocycles. The Kier molecular flexibility index (Phi) is 39.7. The number of methoxy groups -OCH3 is 18. The summed E-state index contributed by atoms with van der Waals surface area (Å²) < 4.78 is 94.7. The lowest BCUT2D eigenvalue weighted by Crippen LogP contribution is -2.05. The zero-order valence-electron chi connectivity index (χ0n) is 70.0. The van der Waals surface area contributed by atoms with Crippen LogP contribution in [0.25, 0.3) is 0 Å². The van der Waals surface area contributed by atoms with Gasteiger partial charge in [0.05, 0.1) is 150 Å². The number of hydrogen-bond donors (Lipinski definition) is 4. The Hall–Kier alpha value is -13.3. The number of benzene rings is 6. The number of nitrogens with zero attached hydrogens (tertiary/aromatic N) is 4. The molecular formula is C86H108N8O20. The van der Waals surface area contributed by atoms with Crippen LogP contribution >= 0.6 is 0 Å². The molecule has 114 heavy (non-hydrogen) atoms. The minimum absolute atomic E-state index is 0.00806. The molecule has 0 saturated heterocycles. The van der Waals surface area contributed by atoms with Crippen LogP contribution in [0.2, 0.25) is 0 Å². The first-order chi connectivity index (χ1) is 54.5. The van der Waals surface area contributed by atoms with Crippen LogP contribution in [0, 0.1) is 62.2 Å². The lowest BCUT2D eigenvalue weighted by Gasteiger charge is -2.15. The van der Waals surface area contributed by atoms with E-state index in [1.807, 2.05) is 90.1 Å². The number of anilines is 4. The van der Waals surface area contributed by atoms with Crippen molar-refractivity contribution >= 4 is 36.1 Å². The lowest BCUT2D eigenvalue weighted by molar-refractivity contribution is -0.109. The lowest BCUT2D eigenvalue weighted by atomic mass is 10.00. The van der Waals surface area contributed by atoms with Gasteiger partial charge in [0.2, 0.25) is 46.4 Å². The molecule has 28 heteroatoms. The van der Waals surface area contributed by atoms with Crippen molar-refractivity contribution in [1.82, 2.24) is 19.9 Å². The van der Waals surface area contributed by atoms with Crippen LogP contribution in [-0.2, 0) is 9.59 Å². The van der Waals surface area contributed by atoms with E-state index in [4.69, 9.17) is 121 Å². The first-order valence-corrected chi connectivity index (χ1v) is 35.0. The standard InChI is InChI=1S/2C18H22N4O3.2C13H16O3.2C12H16O4/c2*1-10(6-7-13-11(2)21-18(20)22-17(13)19)12-8-14(23-3)16(25-5)15(9-12)24-4;2*1-6-9(2)10-7-11(14-3)13(16-5)12(8-10)15-4;2*1-8(7-13)9-5-10(14-2)12(16-4)11(6-9)15-3/h2*8-10H,1-5H3,(H4,19,20,21,22);2*1,7-9H,2-5H3;2*5-8H,1-4H3/t2*10-;2*9-;2*8-/m101010/s1. The first-order valence-electron chi connectivity index (χ1n) is 35.0. The number of nitrogens with two attached hydrogens (primary N) is 4. The summed E-state index contributed by atoms with van der Waals surface area (Å²) in [7, 11) is 28.2. The molecule has 0 aliphatic heterocycles. The molecule has 6 atom stereocenters. The average Bonchev–Trinajstić information content (AvgIpc) is 0.826. The van der Waals surface area contributed by atoms with Gasteiger partial charge in [0, 0.05) is 35.5 Å². The molecule has 8 N–H and O–H groups in total. The summed E-state index contributed by atoms with van der Waals surface area (Å²) in [5.74, 6) is 28.3. The van der Waals surface area contributed by atoms with Gasteiger partial charge in [-0.25, -0.2) is 9.97 Å². The van der Waals surface area contributed by atoms with Crippen LogP contribution in [0.15, 0.2) is 72.8 Å². The van der Waals surface area contributed by atoms with Crippen LogP contribution in [-0.4, -0.2) is 160 Å². The summed E-state index contributed by atoms with van der Waals surface area (Å²) in [6.45, 7) is 15.0. The fraction of sp³-hybridized carbons (Fsp3) is 0.372. The summed E-state index contributed by atoms with van der Waals surface area (Å²) >= 11 is 0. The zero-order valence-corrected chi connectivity index (χ0v) is 70.0. The number of ether oxygens (including phenoxy) is 18. The third-order valence-electron chi connectivity index (χ3n) is 17.2. The van der Waals surface area contributed by atoms with Gasteiger partial charge in [-0.2, -0.15) is 9.97 Å². The fourth-order valence-corrected chi connectivity index (χ4v) is 10.6. The van der Waals surface area contributed by atoms with Gasteiger partial charge in [-0.3, -0.25) is 0 Å². The average molecular weight is 1570 g/mol. The smallest absolute Gasteiger partial charge is 0.222 e. The Morgan fingerprint density at radius 2 is 0.465 bits per heavy atom. The molecule has 0 unspecified atom stereocenters. The zero-order chi connectivity index (χ0) is 85.6. The van der Waals surface area contributed by atoms with Crippen molar-refractivity contribution in [3.63, 3.8) is 0 Å². The molecule has 28 nitrogen and oxygen atoms in total. The van der Waals surface area contributed by atoms with Gasteiger partial charge in [0.25, 0.3) is 0 Å². The number of hydrogen-bond acceptors (Lipinski definition) is 28.